The summed E-state index contributed by atoms with van der Waals surface area (Å²) >= 11 is 0. The van der Waals surface area contributed by atoms with Gasteiger partial charge in [-0.15, -0.1) is 0 Å². The number of aryl methyl sites for hydroxylation is 1. The molecule has 0 saturated heterocycles. The quantitative estimate of drug-likeness (QED) is 0.771. The SMILES string of the molecule is CCOc1c(CN)ccc(C)c1C. The molecule has 0 fully saturated rings. The predicted molar refractivity (Wildman–Crippen MR) is 55.0 cm³/mol. The molecule has 0 amide bonds. The molecule has 0 atom stereocenters. The van der Waals surface area contributed by atoms with Gasteiger partial charge < -0.3 is 10.5 Å². The van der Waals surface area contributed by atoms with Crippen LogP contribution in [-0.4, -0.2) is 6.61 Å². The molecular weight excluding hydrogens is 162 g/mol. The van der Waals surface area contributed by atoms with E-state index in [1.807, 2.05) is 13.0 Å². The number of benzene rings is 1. The van der Waals surface area contributed by atoms with Crippen molar-refractivity contribution in [3.63, 3.8) is 0 Å². The summed E-state index contributed by atoms with van der Waals surface area (Å²) in [5, 5.41) is 0. The van der Waals surface area contributed by atoms with E-state index in [2.05, 4.69) is 19.9 Å². The molecule has 0 bridgehead atoms. The van der Waals surface area contributed by atoms with E-state index in [4.69, 9.17) is 10.5 Å². The maximum absolute atomic E-state index is 5.62. The summed E-state index contributed by atoms with van der Waals surface area (Å²) in [7, 11) is 0. The van der Waals surface area contributed by atoms with Crippen molar-refractivity contribution in [2.24, 2.45) is 5.73 Å². The first-order valence-electron chi connectivity index (χ1n) is 4.62. The fraction of sp³-hybridized carbons (Fsp3) is 0.455. The molecule has 2 heteroatoms. The summed E-state index contributed by atoms with van der Waals surface area (Å²) in [6.07, 6.45) is 0. The maximum Gasteiger partial charge on any atom is 0.126 e. The molecule has 0 saturated carbocycles. The topological polar surface area (TPSA) is 35.2 Å². The van der Waals surface area contributed by atoms with E-state index in [0.717, 1.165) is 11.3 Å². The van der Waals surface area contributed by atoms with Gasteiger partial charge in [0.25, 0.3) is 0 Å². The minimum absolute atomic E-state index is 0.538. The first-order chi connectivity index (χ1) is 6.20. The molecule has 2 N–H and O–H groups in total. The van der Waals surface area contributed by atoms with Gasteiger partial charge in [0, 0.05) is 12.1 Å². The van der Waals surface area contributed by atoms with Crippen molar-refractivity contribution in [2.45, 2.75) is 27.3 Å². The standard InChI is InChI=1S/C11H17NO/c1-4-13-11-9(3)8(2)5-6-10(11)7-12/h5-6H,4,7,12H2,1-3H3. The zero-order valence-corrected chi connectivity index (χ0v) is 8.55. The first-order valence-corrected chi connectivity index (χ1v) is 4.62. The van der Waals surface area contributed by atoms with Crippen LogP contribution in [0.2, 0.25) is 0 Å². The Morgan fingerprint density at radius 3 is 2.54 bits per heavy atom. The molecule has 0 aromatic heterocycles. The molecule has 72 valence electrons. The Hall–Kier alpha value is -1.02. The van der Waals surface area contributed by atoms with Crippen molar-refractivity contribution in [3.05, 3.63) is 28.8 Å². The van der Waals surface area contributed by atoms with Gasteiger partial charge in [0.05, 0.1) is 6.61 Å². The highest BCUT2D eigenvalue weighted by Gasteiger charge is 2.06. The van der Waals surface area contributed by atoms with Crippen LogP contribution in [0.4, 0.5) is 0 Å². The summed E-state index contributed by atoms with van der Waals surface area (Å²) in [6.45, 7) is 7.37. The van der Waals surface area contributed by atoms with Crippen molar-refractivity contribution >= 4 is 0 Å². The third-order valence-corrected chi connectivity index (χ3v) is 2.27. The van der Waals surface area contributed by atoms with Crippen molar-refractivity contribution < 1.29 is 4.74 Å². The lowest BCUT2D eigenvalue weighted by molar-refractivity contribution is 0.334. The van der Waals surface area contributed by atoms with Crippen LogP contribution >= 0.6 is 0 Å². The predicted octanol–water partition coefficient (Wildman–Crippen LogP) is 2.16. The molecule has 0 radical (unpaired) electrons. The Balaban J connectivity index is 3.15. The van der Waals surface area contributed by atoms with Crippen LogP contribution in [0.5, 0.6) is 5.75 Å². The van der Waals surface area contributed by atoms with Crippen LogP contribution in [0.3, 0.4) is 0 Å². The van der Waals surface area contributed by atoms with E-state index < -0.39 is 0 Å². The first kappa shape index (κ1) is 10.1. The highest BCUT2D eigenvalue weighted by atomic mass is 16.5. The van der Waals surface area contributed by atoms with Gasteiger partial charge in [-0.05, 0) is 31.9 Å². The molecule has 0 aliphatic carbocycles. The van der Waals surface area contributed by atoms with E-state index in [9.17, 15) is 0 Å². The van der Waals surface area contributed by atoms with Crippen LogP contribution in [0.1, 0.15) is 23.6 Å². The van der Waals surface area contributed by atoms with Gasteiger partial charge >= 0.3 is 0 Å². The van der Waals surface area contributed by atoms with Gasteiger partial charge in [-0.2, -0.15) is 0 Å². The van der Waals surface area contributed by atoms with Gasteiger partial charge in [-0.3, -0.25) is 0 Å². The molecule has 2 nitrogen and oxygen atoms in total. The normalized spacial score (nSPS) is 10.2. The van der Waals surface area contributed by atoms with Gasteiger partial charge in [0.1, 0.15) is 5.75 Å². The Morgan fingerprint density at radius 1 is 1.31 bits per heavy atom. The highest BCUT2D eigenvalue weighted by molar-refractivity contribution is 5.45. The second-order valence-electron chi connectivity index (χ2n) is 3.13. The van der Waals surface area contributed by atoms with Crippen molar-refractivity contribution in [1.29, 1.82) is 0 Å². The van der Waals surface area contributed by atoms with Crippen molar-refractivity contribution in [2.75, 3.05) is 6.61 Å². The lowest BCUT2D eigenvalue weighted by atomic mass is 10.0. The Kier molecular flexibility index (Phi) is 3.32. The molecule has 13 heavy (non-hydrogen) atoms. The zero-order chi connectivity index (χ0) is 9.84. The average Bonchev–Trinajstić information content (AvgIpc) is 2.14. The van der Waals surface area contributed by atoms with E-state index in [-0.39, 0.29) is 0 Å². The summed E-state index contributed by atoms with van der Waals surface area (Å²) in [5.41, 5.74) is 9.16. The van der Waals surface area contributed by atoms with Crippen LogP contribution < -0.4 is 10.5 Å². The van der Waals surface area contributed by atoms with Crippen LogP contribution in [0, 0.1) is 13.8 Å². The fourth-order valence-electron chi connectivity index (χ4n) is 1.35. The third-order valence-electron chi connectivity index (χ3n) is 2.27. The second kappa shape index (κ2) is 4.28. The van der Waals surface area contributed by atoms with Crippen LogP contribution in [0.25, 0.3) is 0 Å². The number of hydrogen-bond acceptors (Lipinski definition) is 2. The van der Waals surface area contributed by atoms with Crippen molar-refractivity contribution in [1.82, 2.24) is 0 Å². The van der Waals surface area contributed by atoms with Gasteiger partial charge in [0.15, 0.2) is 0 Å². The number of rotatable bonds is 3. The second-order valence-corrected chi connectivity index (χ2v) is 3.13. The Labute approximate surface area is 79.7 Å². The summed E-state index contributed by atoms with van der Waals surface area (Å²) in [6, 6.07) is 4.12. The van der Waals surface area contributed by atoms with Crippen LogP contribution in [0.15, 0.2) is 12.1 Å². The zero-order valence-electron chi connectivity index (χ0n) is 8.55. The molecular formula is C11H17NO. The number of nitrogens with two attached hydrogens (primary N) is 1. The smallest absolute Gasteiger partial charge is 0.126 e. The number of ether oxygens (including phenoxy) is 1. The van der Waals surface area contributed by atoms with E-state index >= 15 is 0 Å². The summed E-state index contributed by atoms with van der Waals surface area (Å²) < 4.78 is 5.56. The number of hydrogen-bond donors (Lipinski definition) is 1. The van der Waals surface area contributed by atoms with Gasteiger partial charge in [0.2, 0.25) is 0 Å². The summed E-state index contributed by atoms with van der Waals surface area (Å²) in [4.78, 5) is 0. The Morgan fingerprint density at radius 2 is 2.00 bits per heavy atom. The molecule has 0 heterocycles. The third kappa shape index (κ3) is 2.01. The molecule has 1 aromatic carbocycles. The van der Waals surface area contributed by atoms with E-state index in [1.54, 1.807) is 0 Å². The molecule has 0 spiro atoms. The lowest BCUT2D eigenvalue weighted by Gasteiger charge is -2.13. The van der Waals surface area contributed by atoms with Gasteiger partial charge in [-0.25, -0.2) is 0 Å². The molecule has 0 aliphatic heterocycles. The largest absolute Gasteiger partial charge is 0.493 e. The maximum atomic E-state index is 5.62. The highest BCUT2D eigenvalue weighted by Crippen LogP contribution is 2.25. The molecule has 0 unspecified atom stereocenters. The van der Waals surface area contributed by atoms with E-state index in [0.29, 0.717) is 13.2 Å². The summed E-state index contributed by atoms with van der Waals surface area (Å²) in [5.74, 6) is 0.963. The fourth-order valence-corrected chi connectivity index (χ4v) is 1.35. The molecule has 1 aromatic rings. The average molecular weight is 179 g/mol. The minimum atomic E-state index is 0.538. The van der Waals surface area contributed by atoms with Crippen LogP contribution in [-0.2, 0) is 6.54 Å². The Bertz CT molecular complexity index is 294. The lowest BCUT2D eigenvalue weighted by Crippen LogP contribution is -2.04. The van der Waals surface area contributed by atoms with Crippen molar-refractivity contribution in [3.8, 4) is 5.75 Å². The monoisotopic (exact) mass is 179 g/mol. The minimum Gasteiger partial charge on any atom is -0.493 e. The van der Waals surface area contributed by atoms with E-state index in [1.165, 1.54) is 11.1 Å². The molecule has 0 aliphatic rings. The van der Waals surface area contributed by atoms with Gasteiger partial charge in [-0.1, -0.05) is 12.1 Å². The molecule has 1 rings (SSSR count).